The lowest BCUT2D eigenvalue weighted by Crippen LogP contribution is -2.28. The predicted octanol–water partition coefficient (Wildman–Crippen LogP) is 3.00. The van der Waals surface area contributed by atoms with Crippen LogP contribution in [0.4, 0.5) is 0 Å². The second kappa shape index (κ2) is 8.96. The van der Waals surface area contributed by atoms with Gasteiger partial charge in [0.25, 0.3) is 0 Å². The van der Waals surface area contributed by atoms with E-state index < -0.39 is 6.10 Å². The minimum Gasteiger partial charge on any atom is -0.494 e. The lowest BCUT2D eigenvalue weighted by molar-refractivity contribution is -0.121. The zero-order chi connectivity index (χ0) is 16.5. The van der Waals surface area contributed by atoms with E-state index in [1.165, 1.54) is 0 Å². The molecule has 1 atom stereocenters. The number of benzene rings is 2. The molecule has 0 radical (unpaired) electrons. The van der Waals surface area contributed by atoms with E-state index in [0.29, 0.717) is 19.4 Å². The summed E-state index contributed by atoms with van der Waals surface area (Å²) in [5, 5.41) is 12.9. The number of aliphatic hydroxyl groups is 1. The first-order valence-electron chi connectivity index (χ1n) is 7.85. The first kappa shape index (κ1) is 17.0. The summed E-state index contributed by atoms with van der Waals surface area (Å²) < 4.78 is 5.54. The van der Waals surface area contributed by atoms with Crippen molar-refractivity contribution in [3.8, 4) is 5.75 Å². The number of hydrogen-bond acceptors (Lipinski definition) is 3. The Labute approximate surface area is 137 Å². The van der Waals surface area contributed by atoms with Gasteiger partial charge in [0.2, 0.25) is 5.91 Å². The van der Waals surface area contributed by atoms with Crippen LogP contribution in [0.25, 0.3) is 0 Å². The van der Waals surface area contributed by atoms with Gasteiger partial charge in [-0.25, -0.2) is 0 Å². The van der Waals surface area contributed by atoms with Crippen molar-refractivity contribution in [1.29, 1.82) is 0 Å². The molecule has 0 bridgehead atoms. The highest BCUT2D eigenvalue weighted by atomic mass is 16.5. The van der Waals surface area contributed by atoms with E-state index >= 15 is 0 Å². The quantitative estimate of drug-likeness (QED) is 0.737. The van der Waals surface area contributed by atoms with Crippen LogP contribution in [0, 0.1) is 6.92 Å². The van der Waals surface area contributed by atoms with Crippen LogP contribution >= 0.6 is 0 Å². The summed E-state index contributed by atoms with van der Waals surface area (Å²) in [6.07, 6.45) is 0.342. The van der Waals surface area contributed by atoms with Crippen molar-refractivity contribution in [3.63, 3.8) is 0 Å². The highest BCUT2D eigenvalue weighted by molar-refractivity contribution is 5.75. The summed E-state index contributed by atoms with van der Waals surface area (Å²) in [5.41, 5.74) is 1.87. The molecule has 2 aromatic carbocycles. The summed E-state index contributed by atoms with van der Waals surface area (Å²) in [5.74, 6) is 0.733. The Morgan fingerprint density at radius 2 is 1.83 bits per heavy atom. The van der Waals surface area contributed by atoms with E-state index in [1.54, 1.807) is 0 Å². The number of aryl methyl sites for hydroxylation is 1. The molecule has 0 aromatic heterocycles. The highest BCUT2D eigenvalue weighted by Crippen LogP contribution is 2.16. The van der Waals surface area contributed by atoms with E-state index in [4.69, 9.17) is 4.74 Å². The largest absolute Gasteiger partial charge is 0.494 e. The molecule has 0 saturated heterocycles. The van der Waals surface area contributed by atoms with Gasteiger partial charge in [-0.1, -0.05) is 42.5 Å². The third-order valence-corrected chi connectivity index (χ3v) is 3.60. The van der Waals surface area contributed by atoms with E-state index in [2.05, 4.69) is 5.32 Å². The number of hydrogen-bond donors (Lipinski definition) is 2. The average molecular weight is 313 g/mol. The molecule has 1 amide bonds. The Morgan fingerprint density at radius 1 is 1.13 bits per heavy atom. The third kappa shape index (κ3) is 5.75. The smallest absolute Gasteiger partial charge is 0.220 e. The Morgan fingerprint density at radius 3 is 2.57 bits per heavy atom. The van der Waals surface area contributed by atoms with Gasteiger partial charge in [0.15, 0.2) is 0 Å². The second-order valence-corrected chi connectivity index (χ2v) is 5.44. The van der Waals surface area contributed by atoms with Gasteiger partial charge in [-0.2, -0.15) is 0 Å². The standard InChI is InChI=1S/C19H23NO3/c1-15-8-5-6-11-17(15)18(21)14-20-19(22)12-7-13-23-16-9-3-2-4-10-16/h2-6,8-11,18,21H,7,12-14H2,1H3,(H,20,22). The van der Waals surface area contributed by atoms with Crippen molar-refractivity contribution in [2.75, 3.05) is 13.2 Å². The van der Waals surface area contributed by atoms with Gasteiger partial charge in [0, 0.05) is 13.0 Å². The van der Waals surface area contributed by atoms with Gasteiger partial charge in [0.05, 0.1) is 12.7 Å². The van der Waals surface area contributed by atoms with Gasteiger partial charge in [0.1, 0.15) is 5.75 Å². The van der Waals surface area contributed by atoms with Crippen LogP contribution < -0.4 is 10.1 Å². The summed E-state index contributed by atoms with van der Waals surface area (Å²) >= 11 is 0. The van der Waals surface area contributed by atoms with Crippen molar-refractivity contribution >= 4 is 5.91 Å². The normalized spacial score (nSPS) is 11.7. The molecule has 0 fully saturated rings. The maximum atomic E-state index is 11.8. The van der Waals surface area contributed by atoms with Crippen molar-refractivity contribution in [2.45, 2.75) is 25.9 Å². The van der Waals surface area contributed by atoms with E-state index in [1.807, 2.05) is 61.5 Å². The SMILES string of the molecule is Cc1ccccc1C(O)CNC(=O)CCCOc1ccccc1. The molecule has 0 aliphatic heterocycles. The van der Waals surface area contributed by atoms with Crippen molar-refractivity contribution in [3.05, 3.63) is 65.7 Å². The lowest BCUT2D eigenvalue weighted by atomic mass is 10.0. The highest BCUT2D eigenvalue weighted by Gasteiger charge is 2.11. The number of nitrogens with one attached hydrogen (secondary N) is 1. The van der Waals surface area contributed by atoms with Crippen LogP contribution in [0.2, 0.25) is 0 Å². The first-order chi connectivity index (χ1) is 11.2. The van der Waals surface area contributed by atoms with E-state index in [-0.39, 0.29) is 12.5 Å². The zero-order valence-electron chi connectivity index (χ0n) is 13.4. The third-order valence-electron chi connectivity index (χ3n) is 3.60. The summed E-state index contributed by atoms with van der Waals surface area (Å²) in [4.78, 5) is 11.8. The number of ether oxygens (including phenoxy) is 1. The number of amides is 1. The fourth-order valence-corrected chi connectivity index (χ4v) is 2.31. The van der Waals surface area contributed by atoms with E-state index in [9.17, 15) is 9.90 Å². The molecule has 0 saturated carbocycles. The fourth-order valence-electron chi connectivity index (χ4n) is 2.31. The topological polar surface area (TPSA) is 58.6 Å². The number of carbonyl (C=O) groups excluding carboxylic acids is 1. The molecule has 2 rings (SSSR count). The van der Waals surface area contributed by atoms with Crippen LogP contribution in [0.5, 0.6) is 5.75 Å². The summed E-state index contributed by atoms with van der Waals surface area (Å²) in [6.45, 7) is 2.67. The molecule has 4 nitrogen and oxygen atoms in total. The van der Waals surface area contributed by atoms with E-state index in [0.717, 1.165) is 16.9 Å². The lowest BCUT2D eigenvalue weighted by Gasteiger charge is -2.14. The van der Waals surface area contributed by atoms with Crippen LogP contribution in [-0.4, -0.2) is 24.2 Å². The molecular weight excluding hydrogens is 290 g/mol. The van der Waals surface area contributed by atoms with Crippen molar-refractivity contribution < 1.29 is 14.6 Å². The number of rotatable bonds is 8. The molecule has 0 spiro atoms. The molecule has 2 aromatic rings. The van der Waals surface area contributed by atoms with Crippen molar-refractivity contribution in [1.82, 2.24) is 5.32 Å². The van der Waals surface area contributed by atoms with Gasteiger partial charge < -0.3 is 15.2 Å². The molecule has 122 valence electrons. The summed E-state index contributed by atoms with van der Waals surface area (Å²) in [7, 11) is 0. The first-order valence-corrected chi connectivity index (χ1v) is 7.85. The number of para-hydroxylation sites is 1. The molecule has 0 aliphatic carbocycles. The Kier molecular flexibility index (Phi) is 6.63. The molecule has 23 heavy (non-hydrogen) atoms. The Bertz CT molecular complexity index is 613. The minimum atomic E-state index is -0.680. The zero-order valence-corrected chi connectivity index (χ0v) is 13.4. The number of aliphatic hydroxyl groups excluding tert-OH is 1. The monoisotopic (exact) mass is 313 g/mol. The molecule has 2 N–H and O–H groups in total. The molecule has 0 aliphatic rings. The molecular formula is C19H23NO3. The Hall–Kier alpha value is -2.33. The number of carbonyl (C=O) groups is 1. The Balaban J connectivity index is 1.64. The maximum absolute atomic E-state index is 11.8. The van der Waals surface area contributed by atoms with Gasteiger partial charge in [-0.15, -0.1) is 0 Å². The van der Waals surface area contributed by atoms with Crippen LogP contribution in [-0.2, 0) is 4.79 Å². The average Bonchev–Trinajstić information content (AvgIpc) is 2.58. The van der Waals surface area contributed by atoms with Crippen molar-refractivity contribution in [2.24, 2.45) is 0 Å². The minimum absolute atomic E-state index is 0.0747. The van der Waals surface area contributed by atoms with Gasteiger partial charge in [-0.3, -0.25) is 4.79 Å². The van der Waals surface area contributed by atoms with Crippen LogP contribution in [0.3, 0.4) is 0 Å². The summed E-state index contributed by atoms with van der Waals surface area (Å²) in [6, 6.07) is 17.2. The fraction of sp³-hybridized carbons (Fsp3) is 0.316. The molecule has 1 unspecified atom stereocenters. The van der Waals surface area contributed by atoms with Gasteiger partial charge in [-0.05, 0) is 36.6 Å². The maximum Gasteiger partial charge on any atom is 0.220 e. The second-order valence-electron chi connectivity index (χ2n) is 5.44. The predicted molar refractivity (Wildman–Crippen MR) is 90.3 cm³/mol. The van der Waals surface area contributed by atoms with Crippen LogP contribution in [0.1, 0.15) is 30.1 Å². The van der Waals surface area contributed by atoms with Crippen LogP contribution in [0.15, 0.2) is 54.6 Å². The molecule has 4 heteroatoms. The van der Waals surface area contributed by atoms with Gasteiger partial charge >= 0.3 is 0 Å². The molecule has 0 heterocycles.